The number of methoxy groups -OCH3 is 1. The average molecular weight is 313 g/mol. The van der Waals surface area contributed by atoms with Crippen molar-refractivity contribution in [2.24, 2.45) is 0 Å². The minimum Gasteiger partial charge on any atom is -0.497 e. The number of benzene rings is 2. The van der Waals surface area contributed by atoms with E-state index in [-0.39, 0.29) is 5.91 Å². The van der Waals surface area contributed by atoms with Gasteiger partial charge in [-0.15, -0.1) is 0 Å². The average Bonchev–Trinajstić information content (AvgIpc) is 2.56. The molecule has 1 unspecified atom stereocenters. The van der Waals surface area contributed by atoms with E-state index in [1.54, 1.807) is 7.11 Å². The van der Waals surface area contributed by atoms with Gasteiger partial charge in [0, 0.05) is 11.3 Å². The van der Waals surface area contributed by atoms with Crippen LogP contribution in [0.3, 0.4) is 0 Å². The Morgan fingerprint density at radius 1 is 1.13 bits per heavy atom. The van der Waals surface area contributed by atoms with Crippen LogP contribution in [0.4, 0.5) is 5.69 Å². The highest BCUT2D eigenvalue weighted by molar-refractivity contribution is 5.91. The number of rotatable bonds is 7. The van der Waals surface area contributed by atoms with E-state index >= 15 is 0 Å². The standard InChI is InChI=1S/C19H24N2O2/c1-4-21(13-16-8-6-5-7-15(16)2)14-19(22)20-17-9-11-18(23-3)12-10-17/h5-12H,4,13-14H2,1-3H3,(H,20,22)/p+1. The highest BCUT2D eigenvalue weighted by atomic mass is 16.5. The summed E-state index contributed by atoms with van der Waals surface area (Å²) in [4.78, 5) is 13.5. The van der Waals surface area contributed by atoms with Gasteiger partial charge in [-0.2, -0.15) is 0 Å². The monoisotopic (exact) mass is 313 g/mol. The summed E-state index contributed by atoms with van der Waals surface area (Å²) in [6.07, 6.45) is 0. The first-order valence-corrected chi connectivity index (χ1v) is 7.94. The Kier molecular flexibility index (Phi) is 6.18. The first-order chi connectivity index (χ1) is 11.1. The quantitative estimate of drug-likeness (QED) is 0.821. The molecule has 4 heteroatoms. The van der Waals surface area contributed by atoms with Gasteiger partial charge in [-0.05, 0) is 43.7 Å². The zero-order chi connectivity index (χ0) is 16.7. The molecular formula is C19H25N2O2+. The molecule has 0 heterocycles. The van der Waals surface area contributed by atoms with Crippen LogP contribution >= 0.6 is 0 Å². The summed E-state index contributed by atoms with van der Waals surface area (Å²) < 4.78 is 5.12. The van der Waals surface area contributed by atoms with Crippen LogP contribution in [0.2, 0.25) is 0 Å². The van der Waals surface area contributed by atoms with E-state index in [0.29, 0.717) is 6.54 Å². The van der Waals surface area contributed by atoms with E-state index in [4.69, 9.17) is 4.74 Å². The van der Waals surface area contributed by atoms with E-state index in [0.717, 1.165) is 24.5 Å². The highest BCUT2D eigenvalue weighted by Gasteiger charge is 2.14. The fraction of sp³-hybridized carbons (Fsp3) is 0.316. The molecule has 2 aromatic rings. The fourth-order valence-electron chi connectivity index (χ4n) is 2.50. The van der Waals surface area contributed by atoms with Crippen molar-refractivity contribution in [1.82, 2.24) is 0 Å². The lowest BCUT2D eigenvalue weighted by molar-refractivity contribution is -0.903. The predicted molar refractivity (Wildman–Crippen MR) is 92.9 cm³/mol. The van der Waals surface area contributed by atoms with Gasteiger partial charge in [0.15, 0.2) is 6.54 Å². The summed E-state index contributed by atoms with van der Waals surface area (Å²) in [5.74, 6) is 0.809. The molecule has 23 heavy (non-hydrogen) atoms. The molecule has 122 valence electrons. The molecule has 2 aromatic carbocycles. The van der Waals surface area contributed by atoms with Crippen LogP contribution in [-0.4, -0.2) is 26.1 Å². The minimum atomic E-state index is 0.0283. The van der Waals surface area contributed by atoms with Crippen LogP contribution in [0.15, 0.2) is 48.5 Å². The summed E-state index contributed by atoms with van der Waals surface area (Å²) in [5.41, 5.74) is 3.36. The van der Waals surface area contributed by atoms with Crippen molar-refractivity contribution in [2.75, 3.05) is 25.5 Å². The van der Waals surface area contributed by atoms with Gasteiger partial charge in [0.05, 0.1) is 13.7 Å². The van der Waals surface area contributed by atoms with Crippen molar-refractivity contribution >= 4 is 11.6 Å². The van der Waals surface area contributed by atoms with E-state index < -0.39 is 0 Å². The Morgan fingerprint density at radius 3 is 2.43 bits per heavy atom. The summed E-state index contributed by atoms with van der Waals surface area (Å²) in [7, 11) is 1.63. The summed E-state index contributed by atoms with van der Waals surface area (Å²) >= 11 is 0. The number of amides is 1. The molecular weight excluding hydrogens is 288 g/mol. The van der Waals surface area contributed by atoms with E-state index in [9.17, 15) is 4.79 Å². The van der Waals surface area contributed by atoms with Crippen LogP contribution in [-0.2, 0) is 11.3 Å². The second-order valence-electron chi connectivity index (χ2n) is 5.66. The number of hydrogen-bond acceptors (Lipinski definition) is 2. The van der Waals surface area contributed by atoms with Crippen LogP contribution in [0, 0.1) is 6.92 Å². The first kappa shape index (κ1) is 17.0. The van der Waals surface area contributed by atoms with Crippen molar-refractivity contribution in [3.63, 3.8) is 0 Å². The van der Waals surface area contributed by atoms with Crippen LogP contribution in [0.25, 0.3) is 0 Å². The lowest BCUT2D eigenvalue weighted by atomic mass is 10.1. The van der Waals surface area contributed by atoms with Gasteiger partial charge in [-0.3, -0.25) is 4.79 Å². The number of nitrogens with one attached hydrogen (secondary N) is 2. The third-order valence-electron chi connectivity index (χ3n) is 3.99. The molecule has 0 aromatic heterocycles. The summed E-state index contributed by atoms with van der Waals surface area (Å²) in [6.45, 7) is 6.44. The second kappa shape index (κ2) is 8.34. The topological polar surface area (TPSA) is 42.8 Å². The molecule has 0 aliphatic carbocycles. The number of carbonyl (C=O) groups excluding carboxylic acids is 1. The van der Waals surface area contributed by atoms with Gasteiger partial charge in [0.1, 0.15) is 12.3 Å². The van der Waals surface area contributed by atoms with Crippen molar-refractivity contribution < 1.29 is 14.4 Å². The zero-order valence-electron chi connectivity index (χ0n) is 14.1. The normalized spacial score (nSPS) is 11.8. The Hall–Kier alpha value is -2.33. The number of anilines is 1. The third-order valence-corrected chi connectivity index (χ3v) is 3.99. The second-order valence-corrected chi connectivity index (χ2v) is 5.66. The number of likely N-dealkylation sites (N-methyl/N-ethyl adjacent to an activating group) is 1. The SMILES string of the molecule is CC[NH+](CC(=O)Nc1ccc(OC)cc1)Cc1ccccc1C. The maximum absolute atomic E-state index is 12.2. The molecule has 4 nitrogen and oxygen atoms in total. The molecule has 0 radical (unpaired) electrons. The highest BCUT2D eigenvalue weighted by Crippen LogP contribution is 2.14. The van der Waals surface area contributed by atoms with Gasteiger partial charge in [-0.1, -0.05) is 24.3 Å². The van der Waals surface area contributed by atoms with E-state index in [1.165, 1.54) is 16.0 Å². The Bertz CT molecular complexity index is 638. The maximum atomic E-state index is 12.2. The van der Waals surface area contributed by atoms with E-state index in [1.807, 2.05) is 36.4 Å². The fourth-order valence-corrected chi connectivity index (χ4v) is 2.50. The van der Waals surface area contributed by atoms with Crippen LogP contribution in [0.5, 0.6) is 5.75 Å². The molecule has 1 amide bonds. The molecule has 0 saturated heterocycles. The lowest BCUT2D eigenvalue weighted by Crippen LogP contribution is -3.11. The zero-order valence-corrected chi connectivity index (χ0v) is 14.1. The Morgan fingerprint density at radius 2 is 1.83 bits per heavy atom. The van der Waals surface area contributed by atoms with Crippen molar-refractivity contribution in [2.45, 2.75) is 20.4 Å². The molecule has 0 aliphatic heterocycles. The molecule has 0 bridgehead atoms. The molecule has 0 spiro atoms. The van der Waals surface area contributed by atoms with E-state index in [2.05, 4.69) is 31.3 Å². The Labute approximate surface area is 138 Å². The van der Waals surface area contributed by atoms with Gasteiger partial charge >= 0.3 is 0 Å². The molecule has 0 fully saturated rings. The predicted octanol–water partition coefficient (Wildman–Crippen LogP) is 2.05. The van der Waals surface area contributed by atoms with Crippen molar-refractivity contribution in [1.29, 1.82) is 0 Å². The molecule has 2 rings (SSSR count). The van der Waals surface area contributed by atoms with Crippen molar-refractivity contribution in [3.05, 3.63) is 59.7 Å². The van der Waals surface area contributed by atoms with Crippen molar-refractivity contribution in [3.8, 4) is 5.75 Å². The minimum absolute atomic E-state index is 0.0283. The smallest absolute Gasteiger partial charge is 0.279 e. The number of ether oxygens (including phenoxy) is 1. The van der Waals surface area contributed by atoms with Gasteiger partial charge in [-0.25, -0.2) is 0 Å². The number of aryl methyl sites for hydroxylation is 1. The van der Waals surface area contributed by atoms with Gasteiger partial charge < -0.3 is 15.0 Å². The number of carbonyl (C=O) groups is 1. The van der Waals surface area contributed by atoms with Crippen LogP contribution in [0.1, 0.15) is 18.1 Å². The molecule has 0 aliphatic rings. The van der Waals surface area contributed by atoms with Gasteiger partial charge in [0.2, 0.25) is 0 Å². The number of quaternary nitrogens is 1. The van der Waals surface area contributed by atoms with Gasteiger partial charge in [0.25, 0.3) is 5.91 Å². The Balaban J connectivity index is 1.92. The molecule has 1 atom stereocenters. The third kappa shape index (κ3) is 5.11. The maximum Gasteiger partial charge on any atom is 0.279 e. The summed E-state index contributed by atoms with van der Waals surface area (Å²) in [6, 6.07) is 15.7. The first-order valence-electron chi connectivity index (χ1n) is 7.94. The molecule has 0 saturated carbocycles. The molecule has 2 N–H and O–H groups in total. The van der Waals surface area contributed by atoms with Crippen LogP contribution < -0.4 is 15.0 Å². The largest absolute Gasteiger partial charge is 0.497 e. The lowest BCUT2D eigenvalue weighted by Gasteiger charge is -2.18. The number of hydrogen-bond donors (Lipinski definition) is 2. The summed E-state index contributed by atoms with van der Waals surface area (Å²) in [5, 5.41) is 2.94.